The lowest BCUT2D eigenvalue weighted by molar-refractivity contribution is -0.132. The first-order valence-corrected chi connectivity index (χ1v) is 11.6. The predicted octanol–water partition coefficient (Wildman–Crippen LogP) is 3.44. The van der Waals surface area contributed by atoms with Crippen LogP contribution < -0.4 is 5.56 Å². The Morgan fingerprint density at radius 3 is 2.60 bits per heavy atom. The highest BCUT2D eigenvalue weighted by Gasteiger charge is 2.30. The summed E-state index contributed by atoms with van der Waals surface area (Å²) >= 11 is 1.41. The molecular formula is C22H29N5O2S. The Bertz CT molecular complexity index is 1130. The van der Waals surface area contributed by atoms with E-state index in [1.54, 1.807) is 4.57 Å². The molecule has 1 amide bonds. The maximum atomic E-state index is 13.1. The first-order chi connectivity index (χ1) is 14.4. The number of nitrogens with zero attached hydrogens (tertiary/aromatic N) is 5. The average Bonchev–Trinajstić information content (AvgIpc) is 3.13. The number of piperidine rings is 1. The zero-order valence-electron chi connectivity index (χ0n) is 18.0. The fraction of sp³-hybridized carbons (Fsp3) is 0.545. The van der Waals surface area contributed by atoms with Crippen molar-refractivity contribution in [3.05, 3.63) is 34.6 Å². The second kappa shape index (κ2) is 8.41. The molecule has 3 unspecified atom stereocenters. The molecule has 3 heterocycles. The van der Waals surface area contributed by atoms with Gasteiger partial charge in [-0.25, -0.2) is 0 Å². The monoisotopic (exact) mass is 427 g/mol. The first-order valence-electron chi connectivity index (χ1n) is 10.7. The minimum Gasteiger partial charge on any atom is -0.341 e. The van der Waals surface area contributed by atoms with Crippen molar-refractivity contribution in [2.75, 3.05) is 13.1 Å². The van der Waals surface area contributed by atoms with E-state index in [1.165, 1.54) is 18.2 Å². The third-order valence-corrected chi connectivity index (χ3v) is 6.77. The van der Waals surface area contributed by atoms with E-state index in [0.29, 0.717) is 34.7 Å². The second-order valence-electron chi connectivity index (χ2n) is 8.54. The van der Waals surface area contributed by atoms with E-state index in [-0.39, 0.29) is 16.7 Å². The van der Waals surface area contributed by atoms with E-state index in [4.69, 9.17) is 0 Å². The van der Waals surface area contributed by atoms with Crippen LogP contribution in [0.5, 0.6) is 0 Å². The number of amides is 1. The fourth-order valence-corrected chi connectivity index (χ4v) is 5.48. The van der Waals surface area contributed by atoms with E-state index >= 15 is 0 Å². The van der Waals surface area contributed by atoms with Crippen molar-refractivity contribution in [2.24, 2.45) is 11.8 Å². The molecule has 0 spiro atoms. The molecule has 1 saturated heterocycles. The molecule has 1 aromatic carbocycles. The summed E-state index contributed by atoms with van der Waals surface area (Å²) < 4.78 is 3.60. The third kappa shape index (κ3) is 3.73. The molecule has 160 valence electrons. The molecule has 0 bridgehead atoms. The molecule has 8 heteroatoms. The molecule has 1 fully saturated rings. The summed E-state index contributed by atoms with van der Waals surface area (Å²) in [4.78, 5) is 28.1. The molecule has 7 nitrogen and oxygen atoms in total. The lowest BCUT2D eigenvalue weighted by atomic mass is 9.92. The number of rotatable bonds is 5. The van der Waals surface area contributed by atoms with Gasteiger partial charge in [-0.3, -0.25) is 18.6 Å². The van der Waals surface area contributed by atoms with Gasteiger partial charge in [-0.05, 0) is 43.7 Å². The van der Waals surface area contributed by atoms with Gasteiger partial charge in [0.05, 0.1) is 16.2 Å². The Morgan fingerprint density at radius 2 is 1.90 bits per heavy atom. The molecule has 4 rings (SSSR count). The van der Waals surface area contributed by atoms with Crippen molar-refractivity contribution >= 4 is 34.3 Å². The molecular weight excluding hydrogens is 398 g/mol. The van der Waals surface area contributed by atoms with Crippen LogP contribution >= 0.6 is 11.8 Å². The third-order valence-electron chi connectivity index (χ3n) is 5.74. The van der Waals surface area contributed by atoms with Gasteiger partial charge in [-0.15, -0.1) is 10.2 Å². The molecule has 2 aromatic heterocycles. The van der Waals surface area contributed by atoms with E-state index < -0.39 is 0 Å². The molecule has 1 aliphatic heterocycles. The Morgan fingerprint density at radius 1 is 1.20 bits per heavy atom. The van der Waals surface area contributed by atoms with Crippen LogP contribution in [0, 0.1) is 11.8 Å². The van der Waals surface area contributed by atoms with Crippen LogP contribution in [-0.4, -0.2) is 48.3 Å². The van der Waals surface area contributed by atoms with Crippen LogP contribution in [0.1, 0.15) is 40.5 Å². The average molecular weight is 428 g/mol. The summed E-state index contributed by atoms with van der Waals surface area (Å²) in [5, 5.41) is 9.70. The van der Waals surface area contributed by atoms with Crippen molar-refractivity contribution in [2.45, 2.75) is 57.5 Å². The zero-order valence-corrected chi connectivity index (χ0v) is 18.9. The quantitative estimate of drug-likeness (QED) is 0.583. The minimum absolute atomic E-state index is 0.0516. The Balaban J connectivity index is 1.71. The van der Waals surface area contributed by atoms with Crippen LogP contribution in [-0.2, 0) is 11.3 Å². The highest BCUT2D eigenvalue weighted by molar-refractivity contribution is 8.00. The smallest absolute Gasteiger partial charge is 0.262 e. The highest BCUT2D eigenvalue weighted by Crippen LogP contribution is 2.28. The van der Waals surface area contributed by atoms with Crippen molar-refractivity contribution in [1.82, 2.24) is 24.1 Å². The number of benzene rings is 1. The number of carbonyl (C=O) groups is 1. The Hall–Kier alpha value is -2.35. The number of carbonyl (C=O) groups excluding carboxylic acids is 1. The standard InChI is InChI=1S/C22H29N5O2S/c1-5-10-26-20(29)17-8-6-7-9-18(17)27-21(26)23-24-22(27)30-16(4)19(28)25-12-14(2)11-15(3)13-25/h6-9,14-16H,5,10-13H2,1-4H3. The van der Waals surface area contributed by atoms with Crippen molar-refractivity contribution in [1.29, 1.82) is 0 Å². The number of thioether (sulfide) groups is 1. The van der Waals surface area contributed by atoms with Gasteiger partial charge >= 0.3 is 0 Å². The molecule has 0 saturated carbocycles. The van der Waals surface area contributed by atoms with Gasteiger partial charge < -0.3 is 4.90 Å². The number of aromatic nitrogens is 4. The first kappa shape index (κ1) is 20.9. The van der Waals surface area contributed by atoms with Crippen LogP contribution in [0.4, 0.5) is 0 Å². The van der Waals surface area contributed by atoms with Crippen LogP contribution in [0.25, 0.3) is 16.7 Å². The number of para-hydroxylation sites is 1. The largest absolute Gasteiger partial charge is 0.341 e. The van der Waals surface area contributed by atoms with Gasteiger partial charge in [0, 0.05) is 19.6 Å². The maximum absolute atomic E-state index is 13.1. The van der Waals surface area contributed by atoms with Crippen LogP contribution in [0.3, 0.4) is 0 Å². The van der Waals surface area contributed by atoms with Crippen molar-refractivity contribution in [3.8, 4) is 0 Å². The van der Waals surface area contributed by atoms with Crippen LogP contribution in [0.15, 0.2) is 34.2 Å². The topological polar surface area (TPSA) is 72.5 Å². The van der Waals surface area contributed by atoms with E-state index in [2.05, 4.69) is 24.0 Å². The molecule has 3 aromatic rings. The summed E-state index contributed by atoms with van der Waals surface area (Å²) in [5.74, 6) is 1.72. The second-order valence-corrected chi connectivity index (χ2v) is 9.85. The minimum atomic E-state index is -0.278. The van der Waals surface area contributed by atoms with Gasteiger partial charge in [0.1, 0.15) is 0 Å². The summed E-state index contributed by atoms with van der Waals surface area (Å²) in [7, 11) is 0. The predicted molar refractivity (Wildman–Crippen MR) is 120 cm³/mol. The molecule has 0 radical (unpaired) electrons. The summed E-state index contributed by atoms with van der Waals surface area (Å²) in [6.07, 6.45) is 1.99. The summed E-state index contributed by atoms with van der Waals surface area (Å²) in [6, 6.07) is 7.52. The van der Waals surface area contributed by atoms with E-state index in [1.807, 2.05) is 47.4 Å². The number of likely N-dealkylation sites (tertiary alicyclic amines) is 1. The number of hydrogen-bond acceptors (Lipinski definition) is 5. The maximum Gasteiger partial charge on any atom is 0.262 e. The number of fused-ring (bicyclic) bond motifs is 3. The lowest BCUT2D eigenvalue weighted by Crippen LogP contribution is -2.45. The number of hydrogen-bond donors (Lipinski definition) is 0. The summed E-state index contributed by atoms with van der Waals surface area (Å²) in [6.45, 7) is 10.6. The molecule has 1 aliphatic rings. The Labute approximate surface area is 180 Å². The molecule has 30 heavy (non-hydrogen) atoms. The highest BCUT2D eigenvalue weighted by atomic mass is 32.2. The van der Waals surface area contributed by atoms with Crippen molar-refractivity contribution in [3.63, 3.8) is 0 Å². The van der Waals surface area contributed by atoms with Gasteiger partial charge in [0.25, 0.3) is 5.56 Å². The molecule has 3 atom stereocenters. The zero-order chi connectivity index (χ0) is 21.4. The van der Waals surface area contributed by atoms with Crippen molar-refractivity contribution < 1.29 is 4.79 Å². The number of aryl methyl sites for hydroxylation is 1. The van der Waals surface area contributed by atoms with Gasteiger partial charge in [-0.2, -0.15) is 0 Å². The molecule has 0 N–H and O–H groups in total. The molecule has 0 aliphatic carbocycles. The van der Waals surface area contributed by atoms with Gasteiger partial charge in [0.2, 0.25) is 11.7 Å². The van der Waals surface area contributed by atoms with Crippen LogP contribution in [0.2, 0.25) is 0 Å². The summed E-state index contributed by atoms with van der Waals surface area (Å²) in [5.41, 5.74) is 0.724. The normalized spacial score (nSPS) is 20.7. The van der Waals surface area contributed by atoms with E-state index in [9.17, 15) is 9.59 Å². The Kier molecular flexibility index (Phi) is 5.86. The van der Waals surface area contributed by atoms with E-state index in [0.717, 1.165) is 25.0 Å². The van der Waals surface area contributed by atoms with Gasteiger partial charge in [0.15, 0.2) is 5.16 Å². The fourth-order valence-electron chi connectivity index (χ4n) is 4.54. The SMILES string of the molecule is CCCn1c(=O)c2ccccc2n2c(SC(C)C(=O)N3CC(C)CC(C)C3)nnc12. The van der Waals surface area contributed by atoms with Gasteiger partial charge in [-0.1, -0.05) is 44.7 Å². The lowest BCUT2D eigenvalue weighted by Gasteiger charge is -2.36.